The van der Waals surface area contributed by atoms with Gasteiger partial charge >= 0.3 is 0 Å². The van der Waals surface area contributed by atoms with E-state index < -0.39 is 6.17 Å². The maximum atomic E-state index is 13.2. The maximum Gasteiger partial charge on any atom is 0.148 e. The van der Waals surface area contributed by atoms with Crippen molar-refractivity contribution in [3.63, 3.8) is 0 Å². The maximum absolute atomic E-state index is 13.2. The normalized spacial score (nSPS) is 19.5. The largest absolute Gasteiger partial charge is 0.327 e. The average molecular weight is 186 g/mol. The summed E-state index contributed by atoms with van der Waals surface area (Å²) in [7, 11) is 0. The third kappa shape index (κ3) is 1.36. The molecule has 4 heteroatoms. The van der Waals surface area contributed by atoms with Crippen LogP contribution in [-0.4, -0.2) is 11.5 Å². The number of nitrogens with zero attached hydrogens (tertiary/aromatic N) is 1. The van der Waals surface area contributed by atoms with Crippen LogP contribution in [0.1, 0.15) is 35.5 Å². The highest BCUT2D eigenvalue weighted by atomic mass is 32.1. The van der Waals surface area contributed by atoms with Crippen molar-refractivity contribution in [3.05, 3.63) is 16.1 Å². The Bertz CT molecular complexity index is 270. The predicted molar refractivity (Wildman–Crippen MR) is 47.0 cm³/mol. The van der Waals surface area contributed by atoms with Gasteiger partial charge in [0.2, 0.25) is 0 Å². The predicted octanol–water partition coefficient (Wildman–Crippen LogP) is 1.99. The summed E-state index contributed by atoms with van der Waals surface area (Å²) in [6.07, 6.45) is 1.32. The van der Waals surface area contributed by atoms with Crippen molar-refractivity contribution in [2.24, 2.45) is 5.73 Å². The van der Waals surface area contributed by atoms with Gasteiger partial charge in [-0.3, -0.25) is 0 Å². The molecule has 0 saturated heterocycles. The van der Waals surface area contributed by atoms with E-state index in [1.165, 1.54) is 11.3 Å². The number of nitrogens with two attached hydrogens (primary N) is 1. The average Bonchev–Trinajstić information content (AvgIpc) is 2.83. The Labute approximate surface area is 74.6 Å². The number of alkyl halides is 1. The second-order valence-electron chi connectivity index (χ2n) is 3.08. The lowest BCUT2D eigenvalue weighted by atomic mass is 10.2. The molecule has 1 aromatic heterocycles. The Hall–Kier alpha value is -0.480. The summed E-state index contributed by atoms with van der Waals surface area (Å²) >= 11 is 1.38. The van der Waals surface area contributed by atoms with Gasteiger partial charge < -0.3 is 5.73 Å². The molecule has 0 amide bonds. The highest BCUT2D eigenvalue weighted by molar-refractivity contribution is 7.09. The minimum absolute atomic E-state index is 0.0713. The van der Waals surface area contributed by atoms with Crippen molar-refractivity contribution in [2.45, 2.75) is 24.9 Å². The monoisotopic (exact) mass is 186 g/mol. The highest BCUT2D eigenvalue weighted by Gasteiger charge is 2.30. The Morgan fingerprint density at radius 1 is 1.75 bits per heavy atom. The Morgan fingerprint density at radius 3 is 3.08 bits per heavy atom. The van der Waals surface area contributed by atoms with E-state index in [-0.39, 0.29) is 6.54 Å². The second kappa shape index (κ2) is 3.11. The van der Waals surface area contributed by atoms with Crippen LogP contribution in [-0.2, 0) is 0 Å². The van der Waals surface area contributed by atoms with Crippen LogP contribution in [0, 0.1) is 0 Å². The first-order chi connectivity index (χ1) is 5.83. The Morgan fingerprint density at radius 2 is 2.50 bits per heavy atom. The van der Waals surface area contributed by atoms with Crippen LogP contribution in [0.25, 0.3) is 0 Å². The molecule has 12 heavy (non-hydrogen) atoms. The van der Waals surface area contributed by atoms with Crippen LogP contribution in [0.2, 0.25) is 0 Å². The molecule has 1 aliphatic rings. The van der Waals surface area contributed by atoms with Gasteiger partial charge in [0.25, 0.3) is 0 Å². The lowest BCUT2D eigenvalue weighted by molar-refractivity contribution is 0.356. The van der Waals surface area contributed by atoms with E-state index in [0.717, 1.165) is 23.4 Å². The van der Waals surface area contributed by atoms with Crippen molar-refractivity contribution in [1.82, 2.24) is 4.98 Å². The number of aromatic nitrogens is 1. The van der Waals surface area contributed by atoms with Gasteiger partial charge in [0.15, 0.2) is 0 Å². The van der Waals surface area contributed by atoms with E-state index in [9.17, 15) is 4.39 Å². The number of halogens is 1. The first-order valence-corrected chi connectivity index (χ1v) is 4.98. The van der Waals surface area contributed by atoms with Crippen molar-refractivity contribution >= 4 is 11.3 Å². The zero-order chi connectivity index (χ0) is 8.55. The summed E-state index contributed by atoms with van der Waals surface area (Å²) in [5.41, 5.74) is 7.93. The van der Waals surface area contributed by atoms with E-state index in [0.29, 0.717) is 5.92 Å². The minimum Gasteiger partial charge on any atom is -0.327 e. The van der Waals surface area contributed by atoms with Crippen molar-refractivity contribution in [3.8, 4) is 0 Å². The molecule has 1 aromatic rings. The molecular formula is C8H11FN2S. The Balaban J connectivity index is 2.23. The number of hydrogen-bond donors (Lipinski definition) is 1. The summed E-state index contributed by atoms with van der Waals surface area (Å²) in [6.45, 7) is 0.0713. The zero-order valence-electron chi connectivity index (χ0n) is 6.66. The molecule has 1 heterocycles. The molecule has 0 aliphatic heterocycles. The molecule has 66 valence electrons. The summed E-state index contributed by atoms with van der Waals surface area (Å²) in [5.74, 6) is 0.524. The van der Waals surface area contributed by atoms with E-state index >= 15 is 0 Å². The van der Waals surface area contributed by atoms with Crippen molar-refractivity contribution < 1.29 is 4.39 Å². The minimum atomic E-state index is -1.01. The Kier molecular flexibility index (Phi) is 2.11. The van der Waals surface area contributed by atoms with Gasteiger partial charge in [-0.15, -0.1) is 11.3 Å². The topological polar surface area (TPSA) is 38.9 Å². The standard InChI is InChI=1S/C8H11FN2S/c9-6(3-10)8-7(5-1-2-5)11-4-12-8/h4-6H,1-3,10H2. The van der Waals surface area contributed by atoms with Crippen LogP contribution in [0.5, 0.6) is 0 Å². The lowest BCUT2D eigenvalue weighted by Crippen LogP contribution is -2.07. The third-order valence-corrected chi connectivity index (χ3v) is 3.01. The lowest BCUT2D eigenvalue weighted by Gasteiger charge is -2.03. The van der Waals surface area contributed by atoms with Gasteiger partial charge in [0.05, 0.1) is 16.1 Å². The fourth-order valence-corrected chi connectivity index (χ4v) is 2.13. The molecule has 2 N–H and O–H groups in total. The van der Waals surface area contributed by atoms with Crippen LogP contribution in [0.15, 0.2) is 5.51 Å². The van der Waals surface area contributed by atoms with Crippen molar-refractivity contribution in [1.29, 1.82) is 0 Å². The van der Waals surface area contributed by atoms with Gasteiger partial charge in [0.1, 0.15) is 6.17 Å². The van der Waals surface area contributed by atoms with E-state index in [1.807, 2.05) is 0 Å². The van der Waals surface area contributed by atoms with E-state index in [1.54, 1.807) is 5.51 Å². The van der Waals surface area contributed by atoms with Gasteiger partial charge in [-0.05, 0) is 12.8 Å². The van der Waals surface area contributed by atoms with Gasteiger partial charge in [-0.1, -0.05) is 0 Å². The molecule has 0 spiro atoms. The van der Waals surface area contributed by atoms with E-state index in [2.05, 4.69) is 4.98 Å². The van der Waals surface area contributed by atoms with Gasteiger partial charge in [-0.25, -0.2) is 9.37 Å². The van der Waals surface area contributed by atoms with Gasteiger partial charge in [-0.2, -0.15) is 0 Å². The van der Waals surface area contributed by atoms with Crippen LogP contribution < -0.4 is 5.73 Å². The zero-order valence-corrected chi connectivity index (χ0v) is 7.48. The quantitative estimate of drug-likeness (QED) is 0.784. The molecular weight excluding hydrogens is 175 g/mol. The highest BCUT2D eigenvalue weighted by Crippen LogP contribution is 2.43. The van der Waals surface area contributed by atoms with E-state index in [4.69, 9.17) is 5.73 Å². The summed E-state index contributed by atoms with van der Waals surface area (Å²) in [4.78, 5) is 4.92. The molecule has 1 atom stereocenters. The molecule has 2 rings (SSSR count). The molecule has 1 fully saturated rings. The first-order valence-electron chi connectivity index (χ1n) is 4.10. The molecule has 1 saturated carbocycles. The molecule has 0 radical (unpaired) electrons. The summed E-state index contributed by atoms with van der Waals surface area (Å²) < 4.78 is 13.2. The summed E-state index contributed by atoms with van der Waals surface area (Å²) in [5, 5.41) is 0. The summed E-state index contributed by atoms with van der Waals surface area (Å²) in [6, 6.07) is 0. The molecule has 1 unspecified atom stereocenters. The molecule has 2 nitrogen and oxygen atoms in total. The fourth-order valence-electron chi connectivity index (χ4n) is 1.27. The van der Waals surface area contributed by atoms with Crippen molar-refractivity contribution in [2.75, 3.05) is 6.54 Å². The number of rotatable bonds is 3. The second-order valence-corrected chi connectivity index (χ2v) is 3.97. The molecule has 1 aliphatic carbocycles. The number of thiazole rings is 1. The third-order valence-electron chi connectivity index (χ3n) is 2.08. The fraction of sp³-hybridized carbons (Fsp3) is 0.625. The first kappa shape index (κ1) is 8.13. The molecule has 0 aromatic carbocycles. The SMILES string of the molecule is NCC(F)c1scnc1C1CC1. The van der Waals surface area contributed by atoms with Crippen LogP contribution >= 0.6 is 11.3 Å². The van der Waals surface area contributed by atoms with Crippen LogP contribution in [0.3, 0.4) is 0 Å². The molecule has 0 bridgehead atoms. The number of hydrogen-bond acceptors (Lipinski definition) is 3. The van der Waals surface area contributed by atoms with Gasteiger partial charge in [0, 0.05) is 12.5 Å². The van der Waals surface area contributed by atoms with Crippen LogP contribution in [0.4, 0.5) is 4.39 Å². The smallest absolute Gasteiger partial charge is 0.148 e.